The Morgan fingerprint density at radius 2 is 1.59 bits per heavy atom. The zero-order valence-electron chi connectivity index (χ0n) is 15.8. The lowest BCUT2D eigenvalue weighted by Gasteiger charge is -2.12. The third-order valence-corrected chi connectivity index (χ3v) is 5.90. The van der Waals surface area contributed by atoms with Gasteiger partial charge in [0.25, 0.3) is 10.0 Å². The van der Waals surface area contributed by atoms with Crippen LogP contribution in [0, 0.1) is 13.8 Å². The lowest BCUT2D eigenvalue weighted by Crippen LogP contribution is -2.14. The SMILES string of the molecule is Cc1ccc(S(=O)(=O)Nc2ccccc2-c2nc3ccc(C)cc3c(=O)o2)cc1. The number of hydrogen-bond acceptors (Lipinski definition) is 5. The van der Waals surface area contributed by atoms with Crippen LogP contribution in [-0.2, 0) is 10.0 Å². The second-order valence-corrected chi connectivity index (χ2v) is 8.47. The first-order valence-electron chi connectivity index (χ1n) is 8.94. The van der Waals surface area contributed by atoms with Gasteiger partial charge >= 0.3 is 5.63 Å². The molecule has 0 spiro atoms. The Hall–Kier alpha value is -3.45. The summed E-state index contributed by atoms with van der Waals surface area (Å²) in [6.07, 6.45) is 0. The normalized spacial score (nSPS) is 11.5. The molecule has 0 radical (unpaired) electrons. The van der Waals surface area contributed by atoms with Crippen molar-refractivity contribution in [1.29, 1.82) is 0 Å². The molecule has 1 aromatic heterocycles. The molecule has 6 nitrogen and oxygen atoms in total. The van der Waals surface area contributed by atoms with Crippen LogP contribution in [0.25, 0.3) is 22.4 Å². The minimum Gasteiger partial charge on any atom is -0.403 e. The standard InChI is InChI=1S/C22H18N2O4S/c1-14-7-10-16(11-8-14)29(26,27)24-20-6-4-3-5-17(20)21-23-19-12-9-15(2)13-18(19)22(25)28-21/h3-13,24H,1-2H3. The van der Waals surface area contributed by atoms with Crippen LogP contribution < -0.4 is 10.3 Å². The molecule has 0 fully saturated rings. The van der Waals surface area contributed by atoms with Crippen LogP contribution in [0.2, 0.25) is 0 Å². The number of nitrogens with one attached hydrogen (secondary N) is 1. The first-order chi connectivity index (χ1) is 13.8. The number of nitrogens with zero attached hydrogens (tertiary/aromatic N) is 1. The van der Waals surface area contributed by atoms with E-state index in [0.29, 0.717) is 16.5 Å². The summed E-state index contributed by atoms with van der Waals surface area (Å²) >= 11 is 0. The molecule has 29 heavy (non-hydrogen) atoms. The fourth-order valence-electron chi connectivity index (χ4n) is 2.98. The van der Waals surface area contributed by atoms with E-state index in [4.69, 9.17) is 4.42 Å². The summed E-state index contributed by atoms with van der Waals surface area (Å²) in [5.41, 5.74) is 2.49. The van der Waals surface area contributed by atoms with Gasteiger partial charge in [-0.05, 0) is 50.2 Å². The predicted molar refractivity (Wildman–Crippen MR) is 112 cm³/mol. The zero-order valence-corrected chi connectivity index (χ0v) is 16.7. The number of aryl methyl sites for hydroxylation is 2. The van der Waals surface area contributed by atoms with E-state index in [1.807, 2.05) is 19.9 Å². The van der Waals surface area contributed by atoms with E-state index >= 15 is 0 Å². The smallest absolute Gasteiger partial charge is 0.347 e. The highest BCUT2D eigenvalue weighted by molar-refractivity contribution is 7.92. The quantitative estimate of drug-likeness (QED) is 0.547. The van der Waals surface area contributed by atoms with Gasteiger partial charge in [-0.25, -0.2) is 18.2 Å². The van der Waals surface area contributed by atoms with Gasteiger partial charge < -0.3 is 4.42 Å². The number of sulfonamides is 1. The van der Waals surface area contributed by atoms with E-state index in [0.717, 1.165) is 11.1 Å². The summed E-state index contributed by atoms with van der Waals surface area (Å²) in [7, 11) is -3.82. The number of hydrogen-bond donors (Lipinski definition) is 1. The van der Waals surface area contributed by atoms with Crippen LogP contribution in [0.3, 0.4) is 0 Å². The van der Waals surface area contributed by atoms with Gasteiger partial charge in [0, 0.05) is 0 Å². The average Bonchev–Trinajstić information content (AvgIpc) is 2.69. The third-order valence-electron chi connectivity index (χ3n) is 4.52. The summed E-state index contributed by atoms with van der Waals surface area (Å²) in [4.78, 5) is 17.0. The summed E-state index contributed by atoms with van der Waals surface area (Å²) in [5.74, 6) is 0.0496. The maximum absolute atomic E-state index is 12.8. The Morgan fingerprint density at radius 1 is 0.897 bits per heavy atom. The minimum atomic E-state index is -3.82. The maximum atomic E-state index is 12.8. The lowest BCUT2D eigenvalue weighted by atomic mass is 10.1. The van der Waals surface area contributed by atoms with Crippen molar-refractivity contribution in [2.45, 2.75) is 18.7 Å². The summed E-state index contributed by atoms with van der Waals surface area (Å²) in [5, 5.41) is 0.381. The number of aromatic nitrogens is 1. The second kappa shape index (κ2) is 7.18. The van der Waals surface area contributed by atoms with E-state index in [-0.39, 0.29) is 16.5 Å². The van der Waals surface area contributed by atoms with Crippen molar-refractivity contribution in [2.24, 2.45) is 0 Å². The first-order valence-corrected chi connectivity index (χ1v) is 10.4. The molecule has 146 valence electrons. The molecule has 0 aliphatic rings. The Balaban J connectivity index is 1.80. The molecule has 0 saturated heterocycles. The highest BCUT2D eigenvalue weighted by Crippen LogP contribution is 2.29. The van der Waals surface area contributed by atoms with E-state index in [9.17, 15) is 13.2 Å². The second-order valence-electron chi connectivity index (χ2n) is 6.79. The number of anilines is 1. The van der Waals surface area contributed by atoms with Crippen molar-refractivity contribution < 1.29 is 12.8 Å². The highest BCUT2D eigenvalue weighted by atomic mass is 32.2. The average molecular weight is 406 g/mol. The largest absolute Gasteiger partial charge is 0.403 e. The Kier molecular flexibility index (Phi) is 4.68. The number of para-hydroxylation sites is 1. The van der Waals surface area contributed by atoms with E-state index in [2.05, 4.69) is 9.71 Å². The summed E-state index contributed by atoms with van der Waals surface area (Å²) in [6, 6.07) is 18.5. The van der Waals surface area contributed by atoms with Crippen LogP contribution >= 0.6 is 0 Å². The van der Waals surface area contributed by atoms with Crippen molar-refractivity contribution in [2.75, 3.05) is 4.72 Å². The molecule has 0 saturated carbocycles. The molecule has 0 bridgehead atoms. The minimum absolute atomic E-state index is 0.0496. The van der Waals surface area contributed by atoms with Crippen molar-refractivity contribution in [1.82, 2.24) is 4.98 Å². The molecule has 3 aromatic carbocycles. The van der Waals surface area contributed by atoms with Crippen molar-refractivity contribution in [3.8, 4) is 11.5 Å². The fourth-order valence-corrected chi connectivity index (χ4v) is 4.06. The van der Waals surface area contributed by atoms with Gasteiger partial charge in [-0.2, -0.15) is 0 Å². The molecular weight excluding hydrogens is 388 g/mol. The fraction of sp³-hybridized carbons (Fsp3) is 0.0909. The van der Waals surface area contributed by atoms with Crippen LogP contribution in [0.4, 0.5) is 5.69 Å². The van der Waals surface area contributed by atoms with Crippen LogP contribution in [0.15, 0.2) is 80.8 Å². The van der Waals surface area contributed by atoms with Gasteiger partial charge in [0.1, 0.15) is 0 Å². The van der Waals surface area contributed by atoms with Gasteiger partial charge in [0.15, 0.2) is 0 Å². The van der Waals surface area contributed by atoms with Gasteiger partial charge in [0.05, 0.1) is 27.0 Å². The molecule has 4 aromatic rings. The van der Waals surface area contributed by atoms with Gasteiger partial charge in [-0.1, -0.05) is 41.5 Å². The molecule has 4 rings (SSSR count). The highest BCUT2D eigenvalue weighted by Gasteiger charge is 2.18. The predicted octanol–water partition coefficient (Wildman–Crippen LogP) is 4.27. The van der Waals surface area contributed by atoms with Crippen LogP contribution in [0.5, 0.6) is 0 Å². The summed E-state index contributed by atoms with van der Waals surface area (Å²) in [6.45, 7) is 3.76. The van der Waals surface area contributed by atoms with Gasteiger partial charge in [-0.3, -0.25) is 4.72 Å². The number of fused-ring (bicyclic) bond motifs is 1. The van der Waals surface area contributed by atoms with E-state index < -0.39 is 15.6 Å². The number of rotatable bonds is 4. The lowest BCUT2D eigenvalue weighted by molar-refractivity contribution is 0.518. The summed E-state index contributed by atoms with van der Waals surface area (Å²) < 4.78 is 33.6. The zero-order chi connectivity index (χ0) is 20.6. The maximum Gasteiger partial charge on any atom is 0.347 e. The Morgan fingerprint density at radius 3 is 2.34 bits per heavy atom. The number of benzene rings is 3. The van der Waals surface area contributed by atoms with Crippen LogP contribution in [-0.4, -0.2) is 13.4 Å². The molecule has 1 N–H and O–H groups in total. The van der Waals surface area contributed by atoms with Crippen molar-refractivity contribution in [3.05, 3.63) is 88.3 Å². The van der Waals surface area contributed by atoms with Crippen molar-refractivity contribution >= 4 is 26.6 Å². The van der Waals surface area contributed by atoms with Gasteiger partial charge in [0.2, 0.25) is 5.89 Å². The molecule has 0 aliphatic carbocycles. The molecule has 0 unspecified atom stereocenters. The monoisotopic (exact) mass is 406 g/mol. The Bertz CT molecular complexity index is 1370. The molecule has 0 amide bonds. The molecule has 7 heteroatoms. The first kappa shape index (κ1) is 18.9. The van der Waals surface area contributed by atoms with E-state index in [1.165, 1.54) is 12.1 Å². The third kappa shape index (κ3) is 3.77. The van der Waals surface area contributed by atoms with E-state index in [1.54, 1.807) is 48.5 Å². The molecule has 1 heterocycles. The molecular formula is C22H18N2O4S. The van der Waals surface area contributed by atoms with Crippen LogP contribution in [0.1, 0.15) is 11.1 Å². The van der Waals surface area contributed by atoms with Crippen molar-refractivity contribution in [3.63, 3.8) is 0 Å². The van der Waals surface area contributed by atoms with Gasteiger partial charge in [-0.15, -0.1) is 0 Å². The topological polar surface area (TPSA) is 89.3 Å². The Labute approximate surface area is 167 Å². The molecule has 0 aliphatic heterocycles. The molecule has 0 atom stereocenters.